The van der Waals surface area contributed by atoms with Crippen molar-refractivity contribution in [1.29, 1.82) is 0 Å². The molecule has 2 aromatic carbocycles. The highest BCUT2D eigenvalue weighted by molar-refractivity contribution is 7.11. The number of halogens is 2. The summed E-state index contributed by atoms with van der Waals surface area (Å²) < 4.78 is 2.60. The van der Waals surface area contributed by atoms with Gasteiger partial charge in [0.25, 0.3) is 11.5 Å². The lowest BCUT2D eigenvalue weighted by Crippen LogP contribution is -2.28. The van der Waals surface area contributed by atoms with E-state index in [9.17, 15) is 9.59 Å². The molecule has 0 radical (unpaired) electrons. The van der Waals surface area contributed by atoms with E-state index in [1.54, 1.807) is 48.5 Å². The van der Waals surface area contributed by atoms with Crippen LogP contribution in [0.15, 0.2) is 82.1 Å². The minimum Gasteiger partial charge on any atom is -0.265 e. The Morgan fingerprint density at radius 2 is 1.62 bits per heavy atom. The molecule has 0 saturated heterocycles. The molecule has 5 aromatic rings. The molecule has 0 unspecified atom stereocenters. The van der Waals surface area contributed by atoms with Gasteiger partial charge in [0, 0.05) is 14.9 Å². The first-order valence-electron chi connectivity index (χ1n) is 9.91. The van der Waals surface area contributed by atoms with Gasteiger partial charge in [-0.05, 0) is 60.0 Å². The highest BCUT2D eigenvalue weighted by Gasteiger charge is 2.22. The number of nitrogens with zero attached hydrogens (tertiary/aromatic N) is 5. The molecule has 0 bridgehead atoms. The van der Waals surface area contributed by atoms with Crippen molar-refractivity contribution < 1.29 is 4.79 Å². The molecule has 0 fully saturated rings. The van der Waals surface area contributed by atoms with Gasteiger partial charge in [0.15, 0.2) is 5.69 Å². The number of fused-ring (bicyclic) bond motifs is 1. The number of benzene rings is 2. The highest BCUT2D eigenvalue weighted by atomic mass is 35.5. The van der Waals surface area contributed by atoms with Crippen LogP contribution in [0.5, 0.6) is 0 Å². The number of amides is 1. The Morgan fingerprint density at radius 3 is 2.24 bits per heavy atom. The molecule has 3 heterocycles. The number of aromatic nitrogens is 4. The maximum Gasteiger partial charge on any atom is 0.298 e. The SMILES string of the molecule is O=C(N/N=C/c1cccs1)c1nn(-c2ccc(Cl)cc2)c(=O)c2c1cnn2-c1ccc(Cl)cc1. The molecular formula is C23H14Cl2N6O2S. The molecule has 11 heteroatoms. The molecule has 0 aliphatic carbocycles. The molecule has 0 aliphatic rings. The lowest BCUT2D eigenvalue weighted by atomic mass is 10.2. The summed E-state index contributed by atoms with van der Waals surface area (Å²) in [6.07, 6.45) is 2.97. The maximum atomic E-state index is 13.5. The van der Waals surface area contributed by atoms with Crippen LogP contribution in [0.4, 0.5) is 0 Å². The van der Waals surface area contributed by atoms with Gasteiger partial charge < -0.3 is 0 Å². The fraction of sp³-hybridized carbons (Fsp3) is 0. The Bertz CT molecular complexity index is 1570. The third kappa shape index (κ3) is 4.24. The van der Waals surface area contributed by atoms with Crippen molar-refractivity contribution in [2.24, 2.45) is 5.10 Å². The van der Waals surface area contributed by atoms with Gasteiger partial charge in [-0.25, -0.2) is 10.1 Å². The molecule has 168 valence electrons. The van der Waals surface area contributed by atoms with Gasteiger partial charge in [0.05, 0.1) is 29.2 Å². The van der Waals surface area contributed by atoms with E-state index < -0.39 is 11.5 Å². The Kier molecular flexibility index (Phi) is 5.97. The van der Waals surface area contributed by atoms with E-state index >= 15 is 0 Å². The average Bonchev–Trinajstić information content (AvgIpc) is 3.51. The van der Waals surface area contributed by atoms with Crippen molar-refractivity contribution in [2.45, 2.75) is 0 Å². The van der Waals surface area contributed by atoms with E-state index in [2.05, 4.69) is 20.7 Å². The summed E-state index contributed by atoms with van der Waals surface area (Å²) in [6.45, 7) is 0. The summed E-state index contributed by atoms with van der Waals surface area (Å²) in [4.78, 5) is 27.4. The number of hydrazone groups is 1. The van der Waals surface area contributed by atoms with Crippen LogP contribution in [0.25, 0.3) is 22.3 Å². The Labute approximate surface area is 206 Å². The van der Waals surface area contributed by atoms with Crippen LogP contribution in [-0.2, 0) is 0 Å². The van der Waals surface area contributed by atoms with E-state index in [0.29, 0.717) is 21.4 Å². The summed E-state index contributed by atoms with van der Waals surface area (Å²) in [6, 6.07) is 17.1. The quantitative estimate of drug-likeness (QED) is 0.275. The molecule has 0 saturated carbocycles. The first-order chi connectivity index (χ1) is 16.5. The van der Waals surface area contributed by atoms with E-state index in [0.717, 1.165) is 9.56 Å². The van der Waals surface area contributed by atoms with Crippen LogP contribution < -0.4 is 11.0 Å². The largest absolute Gasteiger partial charge is 0.298 e. The third-order valence-corrected chi connectivity index (χ3v) is 6.19. The van der Waals surface area contributed by atoms with E-state index in [4.69, 9.17) is 23.2 Å². The van der Waals surface area contributed by atoms with Crippen molar-refractivity contribution in [2.75, 3.05) is 0 Å². The van der Waals surface area contributed by atoms with Gasteiger partial charge >= 0.3 is 0 Å². The normalized spacial score (nSPS) is 11.4. The zero-order valence-electron chi connectivity index (χ0n) is 17.2. The van der Waals surface area contributed by atoms with E-state index in [1.165, 1.54) is 28.4 Å². The summed E-state index contributed by atoms with van der Waals surface area (Å²) in [5.41, 5.74) is 3.24. The van der Waals surface area contributed by atoms with Crippen molar-refractivity contribution in [3.05, 3.63) is 103 Å². The zero-order valence-corrected chi connectivity index (χ0v) is 19.6. The van der Waals surface area contributed by atoms with Gasteiger partial charge in [-0.3, -0.25) is 9.59 Å². The van der Waals surface area contributed by atoms with Gasteiger partial charge in [-0.15, -0.1) is 11.3 Å². The number of carbonyl (C=O) groups excluding carboxylic acids is 1. The standard InChI is InChI=1S/C23H14Cl2N6O2S/c24-14-3-7-16(8-4-14)30-21-19(13-27-30)20(22(32)28-26-12-18-2-1-11-34-18)29-31(23(21)33)17-9-5-15(25)6-10-17/h1-13H,(H,28,32)/b26-12+. The Balaban J connectivity index is 1.67. The molecule has 0 spiro atoms. The minimum absolute atomic E-state index is 0.00640. The molecule has 0 atom stereocenters. The van der Waals surface area contributed by atoms with E-state index in [1.807, 2.05) is 17.5 Å². The summed E-state index contributed by atoms with van der Waals surface area (Å²) in [7, 11) is 0. The first kappa shape index (κ1) is 22.0. The molecule has 5 rings (SSSR count). The summed E-state index contributed by atoms with van der Waals surface area (Å²) in [5, 5.41) is 15.9. The number of nitrogens with one attached hydrogen (secondary N) is 1. The van der Waals surface area contributed by atoms with Crippen molar-refractivity contribution in [1.82, 2.24) is 25.0 Å². The van der Waals surface area contributed by atoms with E-state index in [-0.39, 0.29) is 16.6 Å². The fourth-order valence-electron chi connectivity index (χ4n) is 3.30. The van der Waals surface area contributed by atoms with Crippen molar-refractivity contribution >= 4 is 57.6 Å². The molecule has 1 N–H and O–H groups in total. The Hall–Kier alpha value is -3.79. The van der Waals surface area contributed by atoms with Crippen LogP contribution in [0.3, 0.4) is 0 Å². The third-order valence-electron chi connectivity index (χ3n) is 4.88. The van der Waals surface area contributed by atoms with Crippen LogP contribution in [-0.4, -0.2) is 31.7 Å². The first-order valence-corrected chi connectivity index (χ1v) is 11.5. The van der Waals surface area contributed by atoms with Crippen LogP contribution in [0.1, 0.15) is 15.4 Å². The molecule has 3 aromatic heterocycles. The fourth-order valence-corrected chi connectivity index (χ4v) is 4.14. The van der Waals surface area contributed by atoms with Crippen LogP contribution >= 0.6 is 34.5 Å². The highest BCUT2D eigenvalue weighted by Crippen LogP contribution is 2.21. The topological polar surface area (TPSA) is 94.2 Å². The van der Waals surface area contributed by atoms with Crippen molar-refractivity contribution in [3.8, 4) is 11.4 Å². The lowest BCUT2D eigenvalue weighted by Gasteiger charge is -2.10. The second kappa shape index (κ2) is 9.22. The second-order valence-corrected chi connectivity index (χ2v) is 8.90. The number of carbonyl (C=O) groups is 1. The number of hydrogen-bond acceptors (Lipinski definition) is 6. The predicted molar refractivity (Wildman–Crippen MR) is 134 cm³/mol. The summed E-state index contributed by atoms with van der Waals surface area (Å²) >= 11 is 13.5. The van der Waals surface area contributed by atoms with Gasteiger partial charge in [-0.2, -0.15) is 20.0 Å². The lowest BCUT2D eigenvalue weighted by molar-refractivity contribution is 0.0950. The van der Waals surface area contributed by atoms with Gasteiger partial charge in [0.1, 0.15) is 5.52 Å². The van der Waals surface area contributed by atoms with Crippen LogP contribution in [0.2, 0.25) is 10.0 Å². The molecule has 0 aliphatic heterocycles. The smallest absolute Gasteiger partial charge is 0.265 e. The Morgan fingerprint density at radius 1 is 0.971 bits per heavy atom. The van der Waals surface area contributed by atoms with Gasteiger partial charge in [0.2, 0.25) is 0 Å². The molecule has 1 amide bonds. The number of hydrogen-bond donors (Lipinski definition) is 1. The predicted octanol–water partition coefficient (Wildman–Crippen LogP) is 4.70. The molecule has 34 heavy (non-hydrogen) atoms. The average molecular weight is 509 g/mol. The second-order valence-electron chi connectivity index (χ2n) is 7.05. The number of thiophene rings is 1. The monoisotopic (exact) mass is 508 g/mol. The molecular weight excluding hydrogens is 495 g/mol. The minimum atomic E-state index is -0.587. The molecule has 8 nitrogen and oxygen atoms in total. The maximum absolute atomic E-state index is 13.5. The van der Waals surface area contributed by atoms with Gasteiger partial charge in [-0.1, -0.05) is 29.3 Å². The summed E-state index contributed by atoms with van der Waals surface area (Å²) in [5.74, 6) is -0.587. The van der Waals surface area contributed by atoms with Crippen LogP contribution in [0, 0.1) is 0 Å². The zero-order chi connectivity index (χ0) is 23.7. The number of rotatable bonds is 5. The van der Waals surface area contributed by atoms with Crippen molar-refractivity contribution in [3.63, 3.8) is 0 Å².